The molecule has 0 aromatic heterocycles. The zero-order valence-electron chi connectivity index (χ0n) is 21.0. The van der Waals surface area contributed by atoms with E-state index in [4.69, 9.17) is 9.84 Å². The molecule has 2 aromatic rings. The van der Waals surface area contributed by atoms with Gasteiger partial charge >= 0.3 is 0 Å². The minimum Gasteiger partial charge on any atom is -0.497 e. The van der Waals surface area contributed by atoms with Gasteiger partial charge in [-0.25, -0.2) is 5.01 Å². The zero-order chi connectivity index (χ0) is 24.9. The molecule has 0 N–H and O–H groups in total. The summed E-state index contributed by atoms with van der Waals surface area (Å²) in [6.45, 7) is 5.74. The number of nitrogens with zero attached hydrogens (tertiary/aromatic N) is 5. The molecule has 0 radical (unpaired) electrons. The fourth-order valence-corrected chi connectivity index (χ4v) is 5.26. The summed E-state index contributed by atoms with van der Waals surface area (Å²) < 4.78 is 5.31. The molecular formula is C28H35N5O3. The average Bonchev–Trinajstić information content (AvgIpc) is 3.62. The van der Waals surface area contributed by atoms with Crippen LogP contribution in [-0.4, -0.2) is 96.7 Å². The summed E-state index contributed by atoms with van der Waals surface area (Å²) in [7, 11) is 1.65. The van der Waals surface area contributed by atoms with Crippen LogP contribution in [0.3, 0.4) is 0 Å². The van der Waals surface area contributed by atoms with Gasteiger partial charge in [0.15, 0.2) is 0 Å². The summed E-state index contributed by atoms with van der Waals surface area (Å²) in [4.78, 5) is 32.4. The molecule has 3 heterocycles. The van der Waals surface area contributed by atoms with E-state index in [0.29, 0.717) is 19.5 Å². The van der Waals surface area contributed by atoms with Crippen molar-refractivity contribution in [3.05, 3.63) is 65.7 Å². The van der Waals surface area contributed by atoms with E-state index < -0.39 is 0 Å². The highest BCUT2D eigenvalue weighted by atomic mass is 16.5. The fraction of sp³-hybridized carbons (Fsp3) is 0.464. The molecule has 1 unspecified atom stereocenters. The van der Waals surface area contributed by atoms with Crippen LogP contribution in [0, 0.1) is 0 Å². The van der Waals surface area contributed by atoms with Gasteiger partial charge in [0.25, 0.3) is 5.91 Å². The normalized spacial score (nSPS) is 21.0. The Morgan fingerprint density at radius 3 is 2.06 bits per heavy atom. The van der Waals surface area contributed by atoms with Crippen LogP contribution in [0.15, 0.2) is 59.7 Å². The Kier molecular flexibility index (Phi) is 7.63. The molecule has 3 aliphatic heterocycles. The number of amides is 2. The molecule has 2 aromatic carbocycles. The number of rotatable bonds is 7. The maximum absolute atomic E-state index is 13.5. The minimum absolute atomic E-state index is 0.00309. The number of piperazine rings is 1. The van der Waals surface area contributed by atoms with E-state index in [1.165, 1.54) is 0 Å². The van der Waals surface area contributed by atoms with Gasteiger partial charge in [0.2, 0.25) is 5.91 Å². The highest BCUT2D eigenvalue weighted by Crippen LogP contribution is 2.33. The maximum Gasteiger partial charge on any atom is 0.257 e. The van der Waals surface area contributed by atoms with E-state index in [1.807, 2.05) is 59.5 Å². The predicted molar refractivity (Wildman–Crippen MR) is 139 cm³/mol. The number of benzene rings is 2. The second-order valence-electron chi connectivity index (χ2n) is 9.78. The summed E-state index contributed by atoms with van der Waals surface area (Å²) in [5, 5.41) is 6.48. The topological polar surface area (TPSA) is 68.7 Å². The van der Waals surface area contributed by atoms with Gasteiger partial charge in [0.1, 0.15) is 5.75 Å². The minimum atomic E-state index is -0.141. The summed E-state index contributed by atoms with van der Waals surface area (Å²) in [5.74, 6) is 1.03. The number of carbonyl (C=O) groups excluding carboxylic acids is 2. The van der Waals surface area contributed by atoms with Crippen LogP contribution in [0.25, 0.3) is 0 Å². The first-order valence-electron chi connectivity index (χ1n) is 12.9. The average molecular weight is 490 g/mol. The molecular weight excluding hydrogens is 454 g/mol. The third-order valence-electron chi connectivity index (χ3n) is 7.41. The lowest BCUT2D eigenvalue weighted by Gasteiger charge is -2.35. The van der Waals surface area contributed by atoms with Gasteiger partial charge in [0, 0.05) is 45.7 Å². The largest absolute Gasteiger partial charge is 0.497 e. The van der Waals surface area contributed by atoms with E-state index in [2.05, 4.69) is 9.80 Å². The zero-order valence-corrected chi connectivity index (χ0v) is 21.0. The summed E-state index contributed by atoms with van der Waals surface area (Å²) >= 11 is 0. The molecule has 2 amide bonds. The third-order valence-corrected chi connectivity index (χ3v) is 7.41. The van der Waals surface area contributed by atoms with Gasteiger partial charge in [0.05, 0.1) is 32.0 Å². The Hall–Kier alpha value is -3.23. The van der Waals surface area contributed by atoms with Crippen molar-refractivity contribution in [2.24, 2.45) is 5.10 Å². The maximum atomic E-state index is 13.5. The molecule has 3 aliphatic rings. The molecule has 5 rings (SSSR count). The van der Waals surface area contributed by atoms with Gasteiger partial charge in [-0.2, -0.15) is 5.10 Å². The monoisotopic (exact) mass is 489 g/mol. The first-order valence-corrected chi connectivity index (χ1v) is 12.9. The quantitative estimate of drug-likeness (QED) is 0.598. The van der Waals surface area contributed by atoms with Crippen LogP contribution in [0.4, 0.5) is 0 Å². The molecule has 2 fully saturated rings. The first kappa shape index (κ1) is 24.5. The van der Waals surface area contributed by atoms with Crippen molar-refractivity contribution in [3.8, 4) is 5.75 Å². The lowest BCUT2D eigenvalue weighted by Crippen LogP contribution is -2.51. The first-order chi connectivity index (χ1) is 17.6. The lowest BCUT2D eigenvalue weighted by molar-refractivity contribution is -0.136. The SMILES string of the molecule is COc1ccc(C2CC(c3ccccc3)=NN2C(=O)CN2CCN(CC(=O)N3CCCC3)CC2)cc1. The number of methoxy groups -OCH3 is 1. The molecule has 0 bridgehead atoms. The smallest absolute Gasteiger partial charge is 0.257 e. The van der Waals surface area contributed by atoms with Gasteiger partial charge in [-0.05, 0) is 36.1 Å². The number of likely N-dealkylation sites (tertiary alicyclic amines) is 1. The lowest BCUT2D eigenvalue weighted by atomic mass is 9.98. The van der Waals surface area contributed by atoms with Crippen molar-refractivity contribution in [1.29, 1.82) is 0 Å². The second kappa shape index (κ2) is 11.2. The van der Waals surface area contributed by atoms with Crippen LogP contribution in [0.1, 0.15) is 36.4 Å². The molecule has 190 valence electrons. The molecule has 1 atom stereocenters. The number of hydrogen-bond acceptors (Lipinski definition) is 6. The fourth-order valence-electron chi connectivity index (χ4n) is 5.26. The molecule has 8 nitrogen and oxygen atoms in total. The number of hydrogen-bond donors (Lipinski definition) is 0. The summed E-state index contributed by atoms with van der Waals surface area (Å²) in [5.41, 5.74) is 3.02. The van der Waals surface area contributed by atoms with Crippen LogP contribution < -0.4 is 4.74 Å². The summed E-state index contributed by atoms with van der Waals surface area (Å²) in [6.07, 6.45) is 2.91. The third kappa shape index (κ3) is 5.60. The molecule has 0 saturated carbocycles. The van der Waals surface area contributed by atoms with Crippen molar-refractivity contribution in [1.82, 2.24) is 19.7 Å². The van der Waals surface area contributed by atoms with Crippen molar-refractivity contribution < 1.29 is 14.3 Å². The van der Waals surface area contributed by atoms with Crippen molar-refractivity contribution in [2.75, 3.05) is 59.5 Å². The van der Waals surface area contributed by atoms with E-state index >= 15 is 0 Å². The van der Waals surface area contributed by atoms with Gasteiger partial charge in [-0.3, -0.25) is 19.4 Å². The van der Waals surface area contributed by atoms with Crippen molar-refractivity contribution in [2.45, 2.75) is 25.3 Å². The molecule has 0 spiro atoms. The number of ether oxygens (including phenoxy) is 1. The van der Waals surface area contributed by atoms with Crippen molar-refractivity contribution >= 4 is 17.5 Å². The Morgan fingerprint density at radius 1 is 0.833 bits per heavy atom. The molecule has 0 aliphatic carbocycles. The summed E-state index contributed by atoms with van der Waals surface area (Å²) in [6, 6.07) is 17.8. The van der Waals surface area contributed by atoms with E-state index in [-0.39, 0.29) is 17.9 Å². The van der Waals surface area contributed by atoms with Crippen LogP contribution in [-0.2, 0) is 9.59 Å². The Morgan fingerprint density at radius 2 is 1.44 bits per heavy atom. The second-order valence-corrected chi connectivity index (χ2v) is 9.78. The van der Waals surface area contributed by atoms with Crippen LogP contribution in [0.5, 0.6) is 5.75 Å². The highest BCUT2D eigenvalue weighted by molar-refractivity contribution is 6.03. The van der Waals surface area contributed by atoms with Gasteiger partial charge in [-0.1, -0.05) is 42.5 Å². The van der Waals surface area contributed by atoms with Gasteiger partial charge < -0.3 is 9.64 Å². The Bertz CT molecular complexity index is 1070. The van der Waals surface area contributed by atoms with E-state index in [0.717, 1.165) is 74.7 Å². The molecule has 2 saturated heterocycles. The van der Waals surface area contributed by atoms with Crippen LogP contribution >= 0.6 is 0 Å². The molecule has 8 heteroatoms. The predicted octanol–water partition coefficient (Wildman–Crippen LogP) is 2.61. The standard InChI is InChI=1S/C28H35N5O3/c1-36-24-11-9-23(10-12-24)26-19-25(22-7-3-2-4-8-22)29-33(26)28(35)21-31-17-15-30(16-18-31)20-27(34)32-13-5-6-14-32/h2-4,7-12,26H,5-6,13-21H2,1H3. The van der Waals surface area contributed by atoms with Crippen molar-refractivity contribution in [3.63, 3.8) is 0 Å². The number of hydrazone groups is 1. The van der Waals surface area contributed by atoms with Gasteiger partial charge in [-0.15, -0.1) is 0 Å². The van der Waals surface area contributed by atoms with Crippen LogP contribution in [0.2, 0.25) is 0 Å². The number of carbonyl (C=O) groups is 2. The van der Waals surface area contributed by atoms with E-state index in [1.54, 1.807) is 12.1 Å². The Balaban J connectivity index is 1.22. The molecule has 36 heavy (non-hydrogen) atoms. The highest BCUT2D eigenvalue weighted by Gasteiger charge is 2.34. The Labute approximate surface area is 213 Å². The van der Waals surface area contributed by atoms with E-state index in [9.17, 15) is 9.59 Å².